The average molecular weight is 221 g/mol. The van der Waals surface area contributed by atoms with E-state index in [1.54, 1.807) is 0 Å². The Morgan fingerprint density at radius 3 is 2.93 bits per heavy atom. The maximum absolute atomic E-state index is 3.67. The summed E-state index contributed by atoms with van der Waals surface area (Å²) in [6, 6.07) is 7.18. The van der Waals surface area contributed by atoms with Crippen LogP contribution < -0.4 is 5.32 Å². The van der Waals surface area contributed by atoms with Crippen LogP contribution in [0.1, 0.15) is 24.0 Å². The van der Waals surface area contributed by atoms with E-state index >= 15 is 0 Å². The summed E-state index contributed by atoms with van der Waals surface area (Å²) in [5, 5.41) is 3.67. The molecule has 1 nitrogen and oxygen atoms in total. The monoisotopic (exact) mass is 221 g/mol. The maximum atomic E-state index is 3.67. The fraction of sp³-hybridized carbons (Fsp3) is 0.538. The van der Waals surface area contributed by atoms with Crippen LogP contribution in [0.4, 0.5) is 5.69 Å². The van der Waals surface area contributed by atoms with E-state index in [0.717, 1.165) is 0 Å². The normalized spacial score (nSPS) is 21.3. The van der Waals surface area contributed by atoms with Crippen LogP contribution in [0.25, 0.3) is 0 Å². The number of rotatable bonds is 2. The molecule has 1 fully saturated rings. The largest absolute Gasteiger partial charge is 0.381 e. The van der Waals surface area contributed by atoms with E-state index < -0.39 is 0 Å². The van der Waals surface area contributed by atoms with E-state index in [2.05, 4.69) is 49.1 Å². The van der Waals surface area contributed by atoms with E-state index in [-0.39, 0.29) is 0 Å². The molecule has 1 aliphatic heterocycles. The Balaban J connectivity index is 2.06. The molecule has 1 aromatic carbocycles. The van der Waals surface area contributed by atoms with Crippen LogP contribution in [0.2, 0.25) is 0 Å². The van der Waals surface area contributed by atoms with Gasteiger partial charge in [-0.2, -0.15) is 11.8 Å². The molecule has 1 atom stereocenters. The first-order valence-corrected chi connectivity index (χ1v) is 6.83. The zero-order chi connectivity index (χ0) is 10.7. The number of aryl methyl sites for hydroxylation is 1. The van der Waals surface area contributed by atoms with E-state index in [4.69, 9.17) is 0 Å². The van der Waals surface area contributed by atoms with Gasteiger partial charge in [-0.25, -0.2) is 0 Å². The SMILES string of the molecule is Cc1cccc(NC2CCCSC2)c1C. The first-order chi connectivity index (χ1) is 7.27. The van der Waals surface area contributed by atoms with Gasteiger partial charge in [-0.1, -0.05) is 12.1 Å². The van der Waals surface area contributed by atoms with E-state index in [1.807, 2.05) is 0 Å². The molecule has 1 unspecified atom stereocenters. The topological polar surface area (TPSA) is 12.0 Å². The summed E-state index contributed by atoms with van der Waals surface area (Å²) in [6.07, 6.45) is 2.67. The smallest absolute Gasteiger partial charge is 0.0374 e. The summed E-state index contributed by atoms with van der Waals surface area (Å²) in [5.74, 6) is 2.60. The van der Waals surface area contributed by atoms with Crippen molar-refractivity contribution >= 4 is 17.4 Å². The predicted octanol–water partition coefficient (Wildman–Crippen LogP) is 3.61. The van der Waals surface area contributed by atoms with Crippen LogP contribution in [-0.4, -0.2) is 17.5 Å². The molecular weight excluding hydrogens is 202 g/mol. The van der Waals surface area contributed by atoms with Gasteiger partial charge in [-0.15, -0.1) is 0 Å². The molecule has 1 N–H and O–H groups in total. The lowest BCUT2D eigenvalue weighted by atomic mass is 10.1. The van der Waals surface area contributed by atoms with Gasteiger partial charge in [-0.05, 0) is 49.6 Å². The number of nitrogens with one attached hydrogen (secondary N) is 1. The van der Waals surface area contributed by atoms with Crippen molar-refractivity contribution in [3.05, 3.63) is 29.3 Å². The molecular formula is C13H19NS. The number of anilines is 1. The van der Waals surface area contributed by atoms with Crippen LogP contribution in [0, 0.1) is 13.8 Å². The molecule has 1 aliphatic rings. The van der Waals surface area contributed by atoms with Crippen molar-refractivity contribution in [3.63, 3.8) is 0 Å². The Morgan fingerprint density at radius 1 is 1.33 bits per heavy atom. The Morgan fingerprint density at radius 2 is 2.20 bits per heavy atom. The van der Waals surface area contributed by atoms with E-state index in [0.29, 0.717) is 6.04 Å². The van der Waals surface area contributed by atoms with Gasteiger partial charge in [0.1, 0.15) is 0 Å². The first-order valence-electron chi connectivity index (χ1n) is 5.68. The van der Waals surface area contributed by atoms with Crippen LogP contribution in [0.15, 0.2) is 18.2 Å². The van der Waals surface area contributed by atoms with Crippen LogP contribution in [0.3, 0.4) is 0 Å². The summed E-state index contributed by atoms with van der Waals surface area (Å²) < 4.78 is 0. The first kappa shape index (κ1) is 10.9. The van der Waals surface area contributed by atoms with Crippen molar-refractivity contribution in [1.29, 1.82) is 0 Å². The highest BCUT2D eigenvalue weighted by Gasteiger charge is 2.14. The highest BCUT2D eigenvalue weighted by Crippen LogP contribution is 2.24. The third kappa shape index (κ3) is 2.69. The van der Waals surface area contributed by atoms with Gasteiger partial charge in [0.15, 0.2) is 0 Å². The van der Waals surface area contributed by atoms with Gasteiger partial charge in [0.25, 0.3) is 0 Å². The van der Waals surface area contributed by atoms with Gasteiger partial charge >= 0.3 is 0 Å². The molecule has 2 heteroatoms. The van der Waals surface area contributed by atoms with Crippen LogP contribution in [0.5, 0.6) is 0 Å². The van der Waals surface area contributed by atoms with Gasteiger partial charge in [0.05, 0.1) is 0 Å². The molecule has 82 valence electrons. The summed E-state index contributed by atoms with van der Waals surface area (Å²) >= 11 is 2.07. The lowest BCUT2D eigenvalue weighted by Crippen LogP contribution is -2.26. The molecule has 0 amide bonds. The molecule has 0 saturated carbocycles. The molecule has 0 aromatic heterocycles. The second-order valence-electron chi connectivity index (χ2n) is 4.31. The molecule has 0 bridgehead atoms. The van der Waals surface area contributed by atoms with Crippen molar-refractivity contribution in [1.82, 2.24) is 0 Å². The highest BCUT2D eigenvalue weighted by molar-refractivity contribution is 7.99. The molecule has 2 rings (SSSR count). The van der Waals surface area contributed by atoms with Crippen molar-refractivity contribution in [2.75, 3.05) is 16.8 Å². The number of hydrogen-bond acceptors (Lipinski definition) is 2. The Bertz CT molecular complexity index is 329. The quantitative estimate of drug-likeness (QED) is 0.818. The highest BCUT2D eigenvalue weighted by atomic mass is 32.2. The van der Waals surface area contributed by atoms with Crippen LogP contribution >= 0.6 is 11.8 Å². The molecule has 1 heterocycles. The number of hydrogen-bond donors (Lipinski definition) is 1. The Hall–Kier alpha value is -0.630. The molecule has 0 spiro atoms. The molecule has 1 aromatic rings. The van der Waals surface area contributed by atoms with Crippen molar-refractivity contribution in [2.24, 2.45) is 0 Å². The molecule has 1 saturated heterocycles. The summed E-state index contributed by atoms with van der Waals surface area (Å²) in [6.45, 7) is 4.38. The number of benzene rings is 1. The minimum Gasteiger partial charge on any atom is -0.381 e. The summed E-state index contributed by atoms with van der Waals surface area (Å²) in [4.78, 5) is 0. The van der Waals surface area contributed by atoms with Crippen LogP contribution in [-0.2, 0) is 0 Å². The van der Waals surface area contributed by atoms with E-state index in [9.17, 15) is 0 Å². The lowest BCUT2D eigenvalue weighted by Gasteiger charge is -2.24. The molecule has 0 radical (unpaired) electrons. The minimum absolute atomic E-state index is 0.671. The second kappa shape index (κ2) is 4.93. The second-order valence-corrected chi connectivity index (χ2v) is 5.46. The van der Waals surface area contributed by atoms with Crippen molar-refractivity contribution in [2.45, 2.75) is 32.7 Å². The van der Waals surface area contributed by atoms with Crippen molar-refractivity contribution in [3.8, 4) is 0 Å². The zero-order valence-electron chi connectivity index (χ0n) is 9.55. The van der Waals surface area contributed by atoms with E-state index in [1.165, 1.54) is 41.2 Å². The average Bonchev–Trinajstić information content (AvgIpc) is 2.26. The van der Waals surface area contributed by atoms with Gasteiger partial charge in [-0.3, -0.25) is 0 Å². The summed E-state index contributed by atoms with van der Waals surface area (Å²) in [5.41, 5.74) is 4.10. The minimum atomic E-state index is 0.671. The predicted molar refractivity (Wildman–Crippen MR) is 69.9 cm³/mol. The molecule has 15 heavy (non-hydrogen) atoms. The Labute approximate surface area is 96.7 Å². The fourth-order valence-corrected chi connectivity index (χ4v) is 3.05. The lowest BCUT2D eigenvalue weighted by molar-refractivity contribution is 0.684. The van der Waals surface area contributed by atoms with Gasteiger partial charge < -0.3 is 5.32 Å². The molecule has 0 aliphatic carbocycles. The number of thioether (sulfide) groups is 1. The fourth-order valence-electron chi connectivity index (χ4n) is 1.98. The van der Waals surface area contributed by atoms with Crippen molar-refractivity contribution < 1.29 is 0 Å². The zero-order valence-corrected chi connectivity index (χ0v) is 10.4. The maximum Gasteiger partial charge on any atom is 0.0374 e. The van der Waals surface area contributed by atoms with Gasteiger partial charge in [0, 0.05) is 17.5 Å². The third-order valence-electron chi connectivity index (χ3n) is 3.12. The third-order valence-corrected chi connectivity index (χ3v) is 4.34. The van der Waals surface area contributed by atoms with Gasteiger partial charge in [0.2, 0.25) is 0 Å². The Kier molecular flexibility index (Phi) is 3.57. The summed E-state index contributed by atoms with van der Waals surface area (Å²) in [7, 11) is 0. The standard InChI is InChI=1S/C13H19NS/c1-10-5-3-7-13(11(10)2)14-12-6-4-8-15-9-12/h3,5,7,12,14H,4,6,8-9H2,1-2H3.